The van der Waals surface area contributed by atoms with Crippen LogP contribution < -0.4 is 11.1 Å². The fourth-order valence-corrected chi connectivity index (χ4v) is 1.89. The molecule has 114 valence electrons. The number of nitrogens with one attached hydrogen (secondary N) is 1. The van der Waals surface area contributed by atoms with Crippen LogP contribution in [0, 0.1) is 5.92 Å². The van der Waals surface area contributed by atoms with Crippen molar-refractivity contribution in [1.29, 1.82) is 0 Å². The van der Waals surface area contributed by atoms with Crippen molar-refractivity contribution < 1.29 is 14.3 Å². The molecular formula is C15H20N2O4. The van der Waals surface area contributed by atoms with Gasteiger partial charge in [0.15, 0.2) is 5.58 Å². The summed E-state index contributed by atoms with van der Waals surface area (Å²) < 4.78 is 6.46. The molecule has 1 aromatic heterocycles. The molecule has 0 radical (unpaired) electrons. The minimum Gasteiger partial charge on any atom is -0.407 e. The van der Waals surface area contributed by atoms with E-state index in [0.717, 1.165) is 0 Å². The molecule has 1 heterocycles. The van der Waals surface area contributed by atoms with E-state index < -0.39 is 11.4 Å². The van der Waals surface area contributed by atoms with E-state index in [1.807, 2.05) is 13.8 Å². The SMILES string of the molecule is CC(C)C(C)(O)CNC(=O)c1cccc2c1oc(=O)n2C. The molecule has 1 unspecified atom stereocenters. The van der Waals surface area contributed by atoms with Crippen molar-refractivity contribution in [3.63, 3.8) is 0 Å². The van der Waals surface area contributed by atoms with E-state index >= 15 is 0 Å². The van der Waals surface area contributed by atoms with Crippen LogP contribution >= 0.6 is 0 Å². The van der Waals surface area contributed by atoms with Crippen LogP contribution in [0.25, 0.3) is 11.1 Å². The highest BCUT2D eigenvalue weighted by atomic mass is 16.4. The molecule has 0 aliphatic rings. The summed E-state index contributed by atoms with van der Waals surface area (Å²) >= 11 is 0. The van der Waals surface area contributed by atoms with Gasteiger partial charge in [-0.05, 0) is 25.0 Å². The second-order valence-corrected chi connectivity index (χ2v) is 5.78. The molecule has 0 bridgehead atoms. The van der Waals surface area contributed by atoms with Gasteiger partial charge in [-0.1, -0.05) is 19.9 Å². The number of aromatic nitrogens is 1. The van der Waals surface area contributed by atoms with Gasteiger partial charge < -0.3 is 14.8 Å². The lowest BCUT2D eigenvalue weighted by molar-refractivity contribution is 0.0142. The van der Waals surface area contributed by atoms with Crippen LogP contribution in [0.4, 0.5) is 0 Å². The maximum atomic E-state index is 12.3. The molecule has 6 heteroatoms. The van der Waals surface area contributed by atoms with Gasteiger partial charge in [-0.15, -0.1) is 0 Å². The number of benzene rings is 1. The zero-order chi connectivity index (χ0) is 15.8. The standard InChI is InChI=1S/C15H20N2O4/c1-9(2)15(3,20)8-16-13(18)10-6-5-7-11-12(10)21-14(19)17(11)4/h5-7,9,20H,8H2,1-4H3,(H,16,18). The fourth-order valence-electron chi connectivity index (χ4n) is 1.89. The Hall–Kier alpha value is -2.08. The largest absolute Gasteiger partial charge is 0.419 e. The highest BCUT2D eigenvalue weighted by Crippen LogP contribution is 2.18. The van der Waals surface area contributed by atoms with Crippen LogP contribution in [0.3, 0.4) is 0 Å². The predicted molar refractivity (Wildman–Crippen MR) is 79.3 cm³/mol. The maximum Gasteiger partial charge on any atom is 0.419 e. The molecule has 0 aliphatic heterocycles. The average Bonchev–Trinajstić information content (AvgIpc) is 2.72. The summed E-state index contributed by atoms with van der Waals surface area (Å²) in [4.78, 5) is 23.8. The summed E-state index contributed by atoms with van der Waals surface area (Å²) in [5.41, 5.74) is 0.0980. The zero-order valence-corrected chi connectivity index (χ0v) is 12.6. The first-order chi connectivity index (χ1) is 9.74. The summed E-state index contributed by atoms with van der Waals surface area (Å²) in [6.45, 7) is 5.55. The minimum atomic E-state index is -0.999. The number of fused-ring (bicyclic) bond motifs is 1. The van der Waals surface area contributed by atoms with Crippen LogP contribution in [-0.2, 0) is 7.05 Å². The third-order valence-electron chi connectivity index (χ3n) is 3.91. The molecule has 0 spiro atoms. The van der Waals surface area contributed by atoms with Gasteiger partial charge >= 0.3 is 5.76 Å². The molecule has 21 heavy (non-hydrogen) atoms. The topological polar surface area (TPSA) is 84.5 Å². The van der Waals surface area contributed by atoms with E-state index in [0.29, 0.717) is 5.52 Å². The van der Waals surface area contributed by atoms with Crippen LogP contribution in [0.15, 0.2) is 27.4 Å². The lowest BCUT2D eigenvalue weighted by Crippen LogP contribution is -2.44. The summed E-state index contributed by atoms with van der Waals surface area (Å²) in [5, 5.41) is 12.8. The van der Waals surface area contributed by atoms with Crippen molar-refractivity contribution in [3.05, 3.63) is 34.3 Å². The van der Waals surface area contributed by atoms with Gasteiger partial charge in [0, 0.05) is 13.6 Å². The molecule has 2 aromatic rings. The number of hydrogen-bond acceptors (Lipinski definition) is 4. The second-order valence-electron chi connectivity index (χ2n) is 5.78. The van der Waals surface area contributed by atoms with Gasteiger partial charge in [-0.3, -0.25) is 9.36 Å². The first-order valence-corrected chi connectivity index (χ1v) is 6.83. The van der Waals surface area contributed by atoms with Crippen LogP contribution in [0.5, 0.6) is 0 Å². The van der Waals surface area contributed by atoms with Crippen molar-refractivity contribution in [1.82, 2.24) is 9.88 Å². The zero-order valence-electron chi connectivity index (χ0n) is 12.6. The average molecular weight is 292 g/mol. The third-order valence-corrected chi connectivity index (χ3v) is 3.91. The number of nitrogens with zero attached hydrogens (tertiary/aromatic N) is 1. The van der Waals surface area contributed by atoms with Crippen LogP contribution in [-0.4, -0.2) is 27.7 Å². The van der Waals surface area contributed by atoms with E-state index in [-0.39, 0.29) is 29.5 Å². The summed E-state index contributed by atoms with van der Waals surface area (Å²) in [7, 11) is 1.58. The van der Waals surface area contributed by atoms with Crippen molar-refractivity contribution in [3.8, 4) is 0 Å². The third kappa shape index (κ3) is 2.85. The number of rotatable bonds is 4. The van der Waals surface area contributed by atoms with Gasteiger partial charge in [0.2, 0.25) is 0 Å². The number of para-hydroxylation sites is 1. The number of aliphatic hydroxyl groups is 1. The van der Waals surface area contributed by atoms with E-state index in [1.165, 1.54) is 4.57 Å². The minimum absolute atomic E-state index is 0.00301. The number of carbonyl (C=O) groups excluding carboxylic acids is 1. The van der Waals surface area contributed by atoms with Crippen molar-refractivity contribution in [2.24, 2.45) is 13.0 Å². The van der Waals surface area contributed by atoms with Crippen LogP contribution in [0.1, 0.15) is 31.1 Å². The van der Waals surface area contributed by atoms with Crippen molar-refractivity contribution in [2.75, 3.05) is 6.54 Å². The highest BCUT2D eigenvalue weighted by molar-refractivity contribution is 6.04. The summed E-state index contributed by atoms with van der Waals surface area (Å²) in [6, 6.07) is 4.98. The van der Waals surface area contributed by atoms with Gasteiger partial charge in [0.25, 0.3) is 5.91 Å². The lowest BCUT2D eigenvalue weighted by atomic mass is 9.92. The van der Waals surface area contributed by atoms with Crippen molar-refractivity contribution in [2.45, 2.75) is 26.4 Å². The quantitative estimate of drug-likeness (QED) is 0.888. The monoisotopic (exact) mass is 292 g/mol. The van der Waals surface area contributed by atoms with Crippen molar-refractivity contribution >= 4 is 17.0 Å². The fraction of sp³-hybridized carbons (Fsp3) is 0.467. The Balaban J connectivity index is 2.29. The molecule has 2 N–H and O–H groups in total. The summed E-state index contributed by atoms with van der Waals surface area (Å²) in [5.74, 6) is -0.890. The Morgan fingerprint density at radius 2 is 2.14 bits per heavy atom. The Labute approximate surface area is 122 Å². The van der Waals surface area contributed by atoms with Crippen LogP contribution in [0.2, 0.25) is 0 Å². The van der Waals surface area contributed by atoms with E-state index in [4.69, 9.17) is 4.42 Å². The molecule has 0 fully saturated rings. The number of aryl methyl sites for hydroxylation is 1. The smallest absolute Gasteiger partial charge is 0.407 e. The summed E-state index contributed by atoms with van der Waals surface area (Å²) in [6.07, 6.45) is 0. The lowest BCUT2D eigenvalue weighted by Gasteiger charge is -2.27. The Morgan fingerprint density at radius 1 is 1.48 bits per heavy atom. The molecule has 1 aromatic carbocycles. The molecule has 6 nitrogen and oxygen atoms in total. The van der Waals surface area contributed by atoms with E-state index in [1.54, 1.807) is 32.2 Å². The first kappa shape index (κ1) is 15.3. The van der Waals surface area contributed by atoms with Gasteiger partial charge in [-0.25, -0.2) is 4.79 Å². The first-order valence-electron chi connectivity index (χ1n) is 6.83. The predicted octanol–water partition coefficient (Wildman–Crippen LogP) is 1.27. The van der Waals surface area contributed by atoms with Gasteiger partial charge in [0.1, 0.15) is 0 Å². The molecule has 0 saturated carbocycles. The van der Waals surface area contributed by atoms with E-state index in [9.17, 15) is 14.7 Å². The normalized spacial score (nSPS) is 14.4. The molecule has 0 aliphatic carbocycles. The maximum absolute atomic E-state index is 12.3. The Bertz CT molecular complexity index is 725. The Kier molecular flexibility index (Phi) is 3.91. The van der Waals surface area contributed by atoms with E-state index in [2.05, 4.69) is 5.32 Å². The number of amides is 1. The molecule has 2 rings (SSSR count). The van der Waals surface area contributed by atoms with Gasteiger partial charge in [-0.2, -0.15) is 0 Å². The second kappa shape index (κ2) is 5.37. The number of carbonyl (C=O) groups is 1. The molecule has 1 atom stereocenters. The molecular weight excluding hydrogens is 272 g/mol. The molecule has 1 amide bonds. The number of oxazole rings is 1. The van der Waals surface area contributed by atoms with Gasteiger partial charge in [0.05, 0.1) is 16.7 Å². The number of hydrogen-bond donors (Lipinski definition) is 2. The molecule has 0 saturated heterocycles. The Morgan fingerprint density at radius 3 is 2.76 bits per heavy atom. The highest BCUT2D eigenvalue weighted by Gasteiger charge is 2.26.